The Kier molecular flexibility index (Phi) is 4.18. The molecule has 1 aromatic carbocycles. The van der Waals surface area contributed by atoms with Gasteiger partial charge in [0.2, 0.25) is 0 Å². The molecular weight excluding hydrogens is 292 g/mol. The van der Waals surface area contributed by atoms with E-state index in [2.05, 4.69) is 20.6 Å². The van der Waals surface area contributed by atoms with Gasteiger partial charge in [-0.05, 0) is 37.6 Å². The minimum Gasteiger partial charge on any atom is -0.344 e. The molecule has 0 aliphatic carbocycles. The average molecular weight is 310 g/mol. The lowest BCUT2D eigenvalue weighted by atomic mass is 10.1. The number of carbonyl (C=O) groups excluding carboxylic acids is 1. The summed E-state index contributed by atoms with van der Waals surface area (Å²) in [6, 6.07) is 9.61. The molecule has 23 heavy (non-hydrogen) atoms. The highest BCUT2D eigenvalue weighted by atomic mass is 16.2. The summed E-state index contributed by atoms with van der Waals surface area (Å²) >= 11 is 0. The summed E-state index contributed by atoms with van der Waals surface area (Å²) in [7, 11) is 0. The third-order valence-electron chi connectivity index (χ3n) is 3.54. The SMILES string of the molecule is CCn1ncc(C(=O)NC(C)c2cccc(-n3cccn3)c2)n1. The minimum absolute atomic E-state index is 0.148. The van der Waals surface area contributed by atoms with Crippen LogP contribution in [0.3, 0.4) is 0 Å². The van der Waals surface area contributed by atoms with Crippen LogP contribution >= 0.6 is 0 Å². The number of nitrogens with zero attached hydrogens (tertiary/aromatic N) is 5. The van der Waals surface area contributed by atoms with Gasteiger partial charge >= 0.3 is 0 Å². The molecule has 7 nitrogen and oxygen atoms in total. The van der Waals surface area contributed by atoms with Gasteiger partial charge < -0.3 is 5.32 Å². The zero-order chi connectivity index (χ0) is 16.2. The van der Waals surface area contributed by atoms with Crippen molar-refractivity contribution in [1.29, 1.82) is 0 Å². The molecule has 0 spiro atoms. The van der Waals surface area contributed by atoms with Crippen LogP contribution in [-0.2, 0) is 6.54 Å². The van der Waals surface area contributed by atoms with E-state index in [-0.39, 0.29) is 11.9 Å². The second-order valence-corrected chi connectivity index (χ2v) is 5.16. The fourth-order valence-corrected chi connectivity index (χ4v) is 2.27. The molecule has 0 fully saturated rings. The summed E-state index contributed by atoms with van der Waals surface area (Å²) in [5, 5.41) is 15.3. The Morgan fingerprint density at radius 3 is 2.87 bits per heavy atom. The average Bonchev–Trinajstić information content (AvgIpc) is 3.26. The van der Waals surface area contributed by atoms with Crippen LogP contribution in [0, 0.1) is 0 Å². The van der Waals surface area contributed by atoms with Crippen LogP contribution in [0.5, 0.6) is 0 Å². The van der Waals surface area contributed by atoms with E-state index < -0.39 is 0 Å². The Morgan fingerprint density at radius 2 is 2.17 bits per heavy atom. The van der Waals surface area contributed by atoms with Gasteiger partial charge in [0.05, 0.1) is 24.5 Å². The second kappa shape index (κ2) is 6.43. The Morgan fingerprint density at radius 1 is 1.30 bits per heavy atom. The number of nitrogens with one attached hydrogen (secondary N) is 1. The van der Waals surface area contributed by atoms with E-state index in [9.17, 15) is 4.79 Å². The Bertz CT molecular complexity index is 793. The largest absolute Gasteiger partial charge is 0.344 e. The highest BCUT2D eigenvalue weighted by molar-refractivity contribution is 5.92. The number of benzene rings is 1. The fourth-order valence-electron chi connectivity index (χ4n) is 2.27. The molecular formula is C16H18N6O. The maximum atomic E-state index is 12.2. The molecule has 0 saturated heterocycles. The molecule has 2 heterocycles. The highest BCUT2D eigenvalue weighted by Gasteiger charge is 2.15. The first kappa shape index (κ1) is 15.0. The molecule has 3 aromatic rings. The predicted molar refractivity (Wildman–Crippen MR) is 85.1 cm³/mol. The summed E-state index contributed by atoms with van der Waals surface area (Å²) in [5.74, 6) is -0.235. The molecule has 118 valence electrons. The van der Waals surface area contributed by atoms with E-state index in [0.717, 1.165) is 11.3 Å². The fraction of sp³-hybridized carbons (Fsp3) is 0.250. The van der Waals surface area contributed by atoms with E-state index in [1.54, 1.807) is 10.9 Å². The summed E-state index contributed by atoms with van der Waals surface area (Å²) in [6.07, 6.45) is 5.09. The highest BCUT2D eigenvalue weighted by Crippen LogP contribution is 2.16. The van der Waals surface area contributed by atoms with Crippen molar-refractivity contribution in [2.24, 2.45) is 0 Å². The number of aromatic nitrogens is 5. The molecule has 0 aliphatic heterocycles. The topological polar surface area (TPSA) is 77.6 Å². The smallest absolute Gasteiger partial charge is 0.273 e. The minimum atomic E-state index is -0.235. The molecule has 1 N–H and O–H groups in total. The number of amides is 1. The molecule has 1 amide bonds. The number of hydrogen-bond acceptors (Lipinski definition) is 4. The second-order valence-electron chi connectivity index (χ2n) is 5.16. The third kappa shape index (κ3) is 3.28. The van der Waals surface area contributed by atoms with E-state index in [4.69, 9.17) is 0 Å². The summed E-state index contributed by atoms with van der Waals surface area (Å²) < 4.78 is 1.78. The molecule has 2 aromatic heterocycles. The van der Waals surface area contributed by atoms with Crippen molar-refractivity contribution in [3.63, 3.8) is 0 Å². The van der Waals surface area contributed by atoms with E-state index >= 15 is 0 Å². The van der Waals surface area contributed by atoms with Gasteiger partial charge in [0.1, 0.15) is 0 Å². The van der Waals surface area contributed by atoms with Gasteiger partial charge in [-0.25, -0.2) is 4.68 Å². The maximum Gasteiger partial charge on any atom is 0.273 e. The summed E-state index contributed by atoms with van der Waals surface area (Å²) in [6.45, 7) is 4.49. The van der Waals surface area contributed by atoms with Gasteiger partial charge in [-0.15, -0.1) is 5.10 Å². The molecule has 7 heteroatoms. The van der Waals surface area contributed by atoms with Crippen LogP contribution in [0.15, 0.2) is 48.9 Å². The van der Waals surface area contributed by atoms with E-state index in [0.29, 0.717) is 12.2 Å². The first-order chi connectivity index (χ1) is 11.2. The Balaban J connectivity index is 1.74. The van der Waals surface area contributed by atoms with E-state index in [1.165, 1.54) is 11.0 Å². The van der Waals surface area contributed by atoms with Crippen molar-refractivity contribution in [2.45, 2.75) is 26.4 Å². The van der Waals surface area contributed by atoms with Crippen LogP contribution in [0.2, 0.25) is 0 Å². The molecule has 0 saturated carbocycles. The van der Waals surface area contributed by atoms with Gasteiger partial charge in [-0.1, -0.05) is 12.1 Å². The normalized spacial score (nSPS) is 12.1. The quantitative estimate of drug-likeness (QED) is 0.781. The summed E-state index contributed by atoms with van der Waals surface area (Å²) in [4.78, 5) is 13.7. The number of aryl methyl sites for hydroxylation is 1. The van der Waals surface area contributed by atoms with Crippen molar-refractivity contribution in [3.05, 3.63) is 60.2 Å². The van der Waals surface area contributed by atoms with Crippen LogP contribution in [0.25, 0.3) is 5.69 Å². The van der Waals surface area contributed by atoms with Crippen LogP contribution in [-0.4, -0.2) is 30.7 Å². The lowest BCUT2D eigenvalue weighted by Crippen LogP contribution is -2.27. The Labute approximate surface area is 133 Å². The Hall–Kier alpha value is -2.96. The van der Waals surface area contributed by atoms with Gasteiger partial charge in [-0.3, -0.25) is 4.79 Å². The van der Waals surface area contributed by atoms with Crippen molar-refractivity contribution in [2.75, 3.05) is 0 Å². The van der Waals surface area contributed by atoms with Gasteiger partial charge in [-0.2, -0.15) is 15.0 Å². The lowest BCUT2D eigenvalue weighted by molar-refractivity contribution is 0.0934. The number of hydrogen-bond donors (Lipinski definition) is 1. The van der Waals surface area contributed by atoms with Crippen LogP contribution in [0.1, 0.15) is 35.9 Å². The molecule has 0 aliphatic rings. The van der Waals surface area contributed by atoms with Crippen LogP contribution < -0.4 is 5.32 Å². The standard InChI is InChI=1S/C16H18N6O/c1-3-22-18-11-15(20-22)16(23)19-12(2)13-6-4-7-14(10-13)21-9-5-8-17-21/h4-12H,3H2,1-2H3,(H,19,23). The van der Waals surface area contributed by atoms with Crippen molar-refractivity contribution in [1.82, 2.24) is 30.1 Å². The lowest BCUT2D eigenvalue weighted by Gasteiger charge is -2.14. The molecule has 0 radical (unpaired) electrons. The van der Waals surface area contributed by atoms with Gasteiger partial charge in [0.25, 0.3) is 5.91 Å². The zero-order valence-corrected chi connectivity index (χ0v) is 13.0. The first-order valence-electron chi connectivity index (χ1n) is 7.48. The van der Waals surface area contributed by atoms with Crippen molar-refractivity contribution < 1.29 is 4.79 Å². The maximum absolute atomic E-state index is 12.2. The zero-order valence-electron chi connectivity index (χ0n) is 13.0. The van der Waals surface area contributed by atoms with Crippen LogP contribution in [0.4, 0.5) is 0 Å². The van der Waals surface area contributed by atoms with Gasteiger partial charge in [0, 0.05) is 12.4 Å². The van der Waals surface area contributed by atoms with Gasteiger partial charge in [0.15, 0.2) is 5.69 Å². The molecule has 1 atom stereocenters. The molecule has 3 rings (SSSR count). The van der Waals surface area contributed by atoms with Crippen molar-refractivity contribution >= 4 is 5.91 Å². The van der Waals surface area contributed by atoms with E-state index in [1.807, 2.05) is 50.4 Å². The molecule has 1 unspecified atom stereocenters. The monoisotopic (exact) mass is 310 g/mol. The predicted octanol–water partition coefficient (Wildman–Crippen LogP) is 1.97. The molecule has 0 bridgehead atoms. The number of rotatable bonds is 5. The third-order valence-corrected chi connectivity index (χ3v) is 3.54. The number of carbonyl (C=O) groups is 1. The summed E-state index contributed by atoms with van der Waals surface area (Å²) in [5.41, 5.74) is 2.27. The first-order valence-corrected chi connectivity index (χ1v) is 7.48. The van der Waals surface area contributed by atoms with Crippen molar-refractivity contribution in [3.8, 4) is 5.69 Å².